The van der Waals surface area contributed by atoms with E-state index in [-0.39, 0.29) is 28.0 Å². The highest BCUT2D eigenvalue weighted by atomic mass is 35.5. The van der Waals surface area contributed by atoms with Crippen LogP contribution in [0, 0.1) is 0 Å². The number of nitrogens with zero attached hydrogens (tertiary/aromatic N) is 5. The SMILES string of the molecule is CC1(C)S[C@@H]2C(N3CNC(c4ccc(Cl)cc4)C3=O)C(=O)N2C1c1nn[nH]n1. The van der Waals surface area contributed by atoms with Crippen LogP contribution in [0.15, 0.2) is 24.3 Å². The molecule has 0 radical (unpaired) electrons. The number of halogens is 1. The zero-order valence-corrected chi connectivity index (χ0v) is 16.7. The third kappa shape index (κ3) is 2.48. The Labute approximate surface area is 170 Å². The van der Waals surface area contributed by atoms with Gasteiger partial charge in [0, 0.05) is 9.77 Å². The Bertz CT molecular complexity index is 935. The summed E-state index contributed by atoms with van der Waals surface area (Å²) in [6.45, 7) is 4.45. The van der Waals surface area contributed by atoms with Gasteiger partial charge in [-0.15, -0.1) is 22.0 Å². The molecule has 5 rings (SSSR count). The highest BCUT2D eigenvalue weighted by Gasteiger charge is 2.65. The van der Waals surface area contributed by atoms with Gasteiger partial charge in [-0.1, -0.05) is 28.9 Å². The number of hydrogen-bond acceptors (Lipinski definition) is 7. The molecule has 2 aromatic rings. The molecule has 146 valence electrons. The van der Waals surface area contributed by atoms with Crippen molar-refractivity contribution in [2.45, 2.75) is 42.1 Å². The van der Waals surface area contributed by atoms with Crippen LogP contribution in [0.1, 0.15) is 37.3 Å². The van der Waals surface area contributed by atoms with Crippen LogP contribution in [0.5, 0.6) is 0 Å². The summed E-state index contributed by atoms with van der Waals surface area (Å²) in [4.78, 5) is 29.5. The summed E-state index contributed by atoms with van der Waals surface area (Å²) in [6.07, 6.45) is 0. The Morgan fingerprint density at radius 1 is 1.21 bits per heavy atom. The van der Waals surface area contributed by atoms with Crippen LogP contribution < -0.4 is 5.32 Å². The second-order valence-electron chi connectivity index (χ2n) is 7.63. The summed E-state index contributed by atoms with van der Waals surface area (Å²) >= 11 is 7.61. The first-order valence-electron chi connectivity index (χ1n) is 8.91. The van der Waals surface area contributed by atoms with Crippen LogP contribution in [0.3, 0.4) is 0 Å². The second kappa shape index (κ2) is 6.16. The van der Waals surface area contributed by atoms with Gasteiger partial charge >= 0.3 is 0 Å². The molecule has 0 saturated carbocycles. The molecule has 3 aliphatic rings. The van der Waals surface area contributed by atoms with E-state index in [0.717, 1.165) is 5.56 Å². The fraction of sp³-hybridized carbons (Fsp3) is 0.471. The minimum atomic E-state index is -0.488. The van der Waals surface area contributed by atoms with Gasteiger partial charge in [0.25, 0.3) is 0 Å². The van der Waals surface area contributed by atoms with E-state index < -0.39 is 12.1 Å². The van der Waals surface area contributed by atoms with Crippen molar-refractivity contribution in [3.05, 3.63) is 40.7 Å². The van der Waals surface area contributed by atoms with Gasteiger partial charge in [0.15, 0.2) is 5.82 Å². The molecule has 3 unspecified atom stereocenters. The molecular weight excluding hydrogens is 402 g/mol. The van der Waals surface area contributed by atoms with Gasteiger partial charge in [0.1, 0.15) is 23.5 Å². The summed E-state index contributed by atoms with van der Waals surface area (Å²) in [5.41, 5.74) is 0.838. The van der Waals surface area contributed by atoms with E-state index in [4.69, 9.17) is 11.6 Å². The van der Waals surface area contributed by atoms with Crippen molar-refractivity contribution in [2.24, 2.45) is 0 Å². The van der Waals surface area contributed by atoms with E-state index in [9.17, 15) is 9.59 Å². The number of aromatic amines is 1. The molecular formula is C17H18ClN7O2S. The molecule has 1 aromatic carbocycles. The monoisotopic (exact) mass is 419 g/mol. The van der Waals surface area contributed by atoms with Crippen LogP contribution in [-0.2, 0) is 9.59 Å². The van der Waals surface area contributed by atoms with Crippen LogP contribution in [-0.4, -0.2) is 65.1 Å². The zero-order valence-electron chi connectivity index (χ0n) is 15.2. The number of thioether (sulfide) groups is 1. The number of H-pyrrole nitrogens is 1. The van der Waals surface area contributed by atoms with E-state index in [0.29, 0.717) is 17.5 Å². The van der Waals surface area contributed by atoms with Gasteiger partial charge in [-0.3, -0.25) is 14.9 Å². The minimum absolute atomic E-state index is 0.0789. The average molecular weight is 420 g/mol. The second-order valence-corrected chi connectivity index (χ2v) is 9.84. The molecule has 0 spiro atoms. The summed E-state index contributed by atoms with van der Waals surface area (Å²) in [5, 5.41) is 18.0. The Morgan fingerprint density at radius 2 is 1.96 bits per heavy atom. The van der Waals surface area contributed by atoms with Gasteiger partial charge in [0.05, 0.1) is 6.67 Å². The van der Waals surface area contributed by atoms with Crippen LogP contribution in [0.4, 0.5) is 0 Å². The molecule has 4 atom stereocenters. The number of carbonyl (C=O) groups is 2. The van der Waals surface area contributed by atoms with E-state index in [1.807, 2.05) is 12.1 Å². The quantitative estimate of drug-likeness (QED) is 0.717. The number of β-lactam (4-membered cyclic amide) rings is 1. The molecule has 2 N–H and O–H groups in total. The van der Waals surface area contributed by atoms with E-state index >= 15 is 0 Å². The third-order valence-electron chi connectivity index (χ3n) is 5.55. The Morgan fingerprint density at radius 3 is 2.64 bits per heavy atom. The molecule has 0 bridgehead atoms. The standard InChI is InChI=1S/C17H18ClN7O2S/c1-17(2)12(13-20-22-23-21-13)25-15(27)11(16(25)28-17)24-7-19-10(14(24)26)8-3-5-9(18)6-4-8/h3-6,10-12,16,19H,7H2,1-2H3,(H,20,21,22,23)/t10?,11?,12?,16-/m1/s1. The van der Waals surface area contributed by atoms with Gasteiger partial charge in [-0.25, -0.2) is 0 Å². The van der Waals surface area contributed by atoms with Crippen molar-refractivity contribution >= 4 is 35.2 Å². The lowest BCUT2D eigenvalue weighted by molar-refractivity contribution is -0.161. The summed E-state index contributed by atoms with van der Waals surface area (Å²) < 4.78 is -0.287. The fourth-order valence-corrected chi connectivity index (χ4v) is 6.08. The maximum atomic E-state index is 13.0. The van der Waals surface area contributed by atoms with Crippen molar-refractivity contribution in [1.82, 2.24) is 35.7 Å². The topological polar surface area (TPSA) is 107 Å². The lowest BCUT2D eigenvalue weighted by atomic mass is 9.94. The number of aromatic nitrogens is 4. The van der Waals surface area contributed by atoms with Gasteiger partial charge in [-0.2, -0.15) is 5.21 Å². The predicted molar refractivity (Wildman–Crippen MR) is 102 cm³/mol. The van der Waals surface area contributed by atoms with E-state index in [2.05, 4.69) is 39.8 Å². The number of nitrogens with one attached hydrogen (secondary N) is 2. The predicted octanol–water partition coefficient (Wildman–Crippen LogP) is 1.09. The summed E-state index contributed by atoms with van der Waals surface area (Å²) in [5.74, 6) is 0.322. The normalized spacial score (nSPS) is 31.2. The number of tetrazole rings is 1. The van der Waals surface area contributed by atoms with Crippen LogP contribution in [0.25, 0.3) is 0 Å². The molecule has 3 saturated heterocycles. The smallest absolute Gasteiger partial charge is 0.250 e. The Kier molecular flexibility index (Phi) is 3.94. The molecule has 2 amide bonds. The zero-order chi connectivity index (χ0) is 19.6. The number of carbonyl (C=O) groups excluding carboxylic acids is 2. The first-order chi connectivity index (χ1) is 13.4. The molecule has 4 heterocycles. The van der Waals surface area contributed by atoms with Crippen molar-refractivity contribution in [3.63, 3.8) is 0 Å². The summed E-state index contributed by atoms with van der Waals surface area (Å²) in [6, 6.07) is 5.95. The minimum Gasteiger partial charge on any atom is -0.314 e. The highest BCUT2D eigenvalue weighted by Crippen LogP contribution is 2.57. The number of hydrogen-bond donors (Lipinski definition) is 2. The van der Waals surface area contributed by atoms with E-state index in [1.165, 1.54) is 0 Å². The van der Waals surface area contributed by atoms with Crippen LogP contribution >= 0.6 is 23.4 Å². The van der Waals surface area contributed by atoms with Crippen molar-refractivity contribution < 1.29 is 9.59 Å². The third-order valence-corrected chi connectivity index (χ3v) is 7.36. The number of rotatable bonds is 3. The maximum absolute atomic E-state index is 13.0. The number of benzene rings is 1. The average Bonchev–Trinajstić information content (AvgIpc) is 3.35. The van der Waals surface area contributed by atoms with Crippen LogP contribution in [0.2, 0.25) is 5.02 Å². The molecule has 0 aliphatic carbocycles. The molecule has 3 fully saturated rings. The molecule has 11 heteroatoms. The van der Waals surface area contributed by atoms with E-state index in [1.54, 1.807) is 33.7 Å². The largest absolute Gasteiger partial charge is 0.314 e. The lowest BCUT2D eigenvalue weighted by Gasteiger charge is -2.47. The number of fused-ring (bicyclic) bond motifs is 1. The Balaban J connectivity index is 1.38. The fourth-order valence-electron chi connectivity index (χ4n) is 4.26. The number of amides is 2. The lowest BCUT2D eigenvalue weighted by Crippen LogP contribution is -2.68. The van der Waals surface area contributed by atoms with Gasteiger partial charge in [-0.05, 0) is 31.5 Å². The Hall–Kier alpha value is -2.17. The first kappa shape index (κ1) is 17.9. The van der Waals surface area contributed by atoms with Crippen molar-refractivity contribution in [1.29, 1.82) is 0 Å². The maximum Gasteiger partial charge on any atom is 0.250 e. The molecule has 3 aliphatic heterocycles. The van der Waals surface area contributed by atoms with Crippen molar-refractivity contribution in [3.8, 4) is 0 Å². The highest BCUT2D eigenvalue weighted by molar-refractivity contribution is 8.01. The van der Waals surface area contributed by atoms with Gasteiger partial charge in [0.2, 0.25) is 11.8 Å². The molecule has 1 aromatic heterocycles. The summed E-state index contributed by atoms with van der Waals surface area (Å²) in [7, 11) is 0. The van der Waals surface area contributed by atoms with Gasteiger partial charge < -0.3 is 9.80 Å². The first-order valence-corrected chi connectivity index (χ1v) is 10.2. The molecule has 9 nitrogen and oxygen atoms in total. The molecule has 28 heavy (non-hydrogen) atoms. The van der Waals surface area contributed by atoms with Crippen molar-refractivity contribution in [2.75, 3.05) is 6.67 Å².